The molecule has 0 radical (unpaired) electrons. The van der Waals surface area contributed by atoms with Gasteiger partial charge in [-0.15, -0.1) is 0 Å². The average molecular weight is 420 g/mol. The number of aromatic amines is 1. The van der Waals surface area contributed by atoms with E-state index in [4.69, 9.17) is 0 Å². The minimum Gasteiger partial charge on any atom is -0.423 e. The number of nitrogens with zero attached hydrogens (tertiary/aromatic N) is 4. The van der Waals surface area contributed by atoms with Crippen molar-refractivity contribution >= 4 is 35.4 Å². The molecule has 0 unspecified atom stereocenters. The van der Waals surface area contributed by atoms with Crippen LogP contribution in [-0.2, 0) is 6.54 Å². The zero-order valence-electron chi connectivity index (χ0n) is 17.4. The second-order valence-electron chi connectivity index (χ2n) is 7.43. The summed E-state index contributed by atoms with van der Waals surface area (Å²) in [4.78, 5) is 18.6. The van der Waals surface area contributed by atoms with Gasteiger partial charge in [0.05, 0.1) is 0 Å². The Balaban J connectivity index is 1.78. The molecule has 0 saturated heterocycles. The third-order valence-electron chi connectivity index (χ3n) is 4.92. The maximum absolute atomic E-state index is 13.5. The van der Waals surface area contributed by atoms with Crippen LogP contribution < -0.4 is 15.7 Å². The molecule has 2 heterocycles. The van der Waals surface area contributed by atoms with E-state index in [0.717, 1.165) is 22.2 Å². The zero-order valence-corrected chi connectivity index (χ0v) is 17.4. The first kappa shape index (κ1) is 20.8. The van der Waals surface area contributed by atoms with Crippen LogP contribution in [0.2, 0.25) is 0 Å². The van der Waals surface area contributed by atoms with Crippen LogP contribution in [0.4, 0.5) is 16.3 Å². The van der Waals surface area contributed by atoms with E-state index in [1.807, 2.05) is 33.2 Å². The van der Waals surface area contributed by atoms with Gasteiger partial charge in [0.15, 0.2) is 5.82 Å². The molecule has 0 aliphatic carbocycles. The Kier molecular flexibility index (Phi) is 5.58. The number of para-hydroxylation sites is 1. The molecule has 4 rings (SSSR count). The Bertz CT molecular complexity index is 1240. The SMILES string of the molecule is Cc1[nH]c2c(B(O)O)cccc2c1-c1nc(NCc2cccc(F)c2)nc(N(C)C)n1. The predicted octanol–water partition coefficient (Wildman–Crippen LogP) is 1.83. The Morgan fingerprint density at radius 2 is 1.87 bits per heavy atom. The molecule has 0 spiro atoms. The van der Waals surface area contributed by atoms with E-state index in [-0.39, 0.29) is 5.82 Å². The maximum atomic E-state index is 13.5. The lowest BCUT2D eigenvalue weighted by atomic mass is 9.79. The van der Waals surface area contributed by atoms with E-state index in [1.54, 1.807) is 23.1 Å². The van der Waals surface area contributed by atoms with Gasteiger partial charge < -0.3 is 25.2 Å². The van der Waals surface area contributed by atoms with Crippen molar-refractivity contribution in [2.75, 3.05) is 24.3 Å². The maximum Gasteiger partial charge on any atom is 0.490 e. The molecule has 2 aromatic heterocycles. The standard InChI is InChI=1S/C21H22BFN6O2/c1-12-17(15-8-5-9-16(22(30)31)18(15)25-12)19-26-20(28-21(27-19)29(2)3)24-11-13-6-4-7-14(23)10-13/h4-10,25,30-31H,11H2,1-3H3,(H,24,26,27,28). The number of benzene rings is 2. The van der Waals surface area contributed by atoms with E-state index < -0.39 is 7.12 Å². The molecule has 8 nitrogen and oxygen atoms in total. The number of anilines is 2. The Morgan fingerprint density at radius 1 is 1.10 bits per heavy atom. The second-order valence-corrected chi connectivity index (χ2v) is 7.43. The van der Waals surface area contributed by atoms with E-state index in [2.05, 4.69) is 25.3 Å². The van der Waals surface area contributed by atoms with Crippen LogP contribution in [0.1, 0.15) is 11.3 Å². The highest BCUT2D eigenvalue weighted by Crippen LogP contribution is 2.30. The van der Waals surface area contributed by atoms with Crippen molar-refractivity contribution in [2.45, 2.75) is 13.5 Å². The Labute approximate surface area is 179 Å². The molecular formula is C21H22BFN6O2. The summed E-state index contributed by atoms with van der Waals surface area (Å²) in [6, 6.07) is 11.6. The molecule has 158 valence electrons. The largest absolute Gasteiger partial charge is 0.490 e. The molecule has 4 N–H and O–H groups in total. The van der Waals surface area contributed by atoms with Crippen molar-refractivity contribution in [1.29, 1.82) is 0 Å². The Hall–Kier alpha value is -3.50. The summed E-state index contributed by atoms with van der Waals surface area (Å²) in [5, 5.41) is 23.3. The van der Waals surface area contributed by atoms with Crippen molar-refractivity contribution in [3.05, 3.63) is 59.5 Å². The third-order valence-corrected chi connectivity index (χ3v) is 4.92. The van der Waals surface area contributed by atoms with Crippen LogP contribution >= 0.6 is 0 Å². The lowest BCUT2D eigenvalue weighted by Gasteiger charge is -2.14. The van der Waals surface area contributed by atoms with Crippen molar-refractivity contribution in [3.63, 3.8) is 0 Å². The van der Waals surface area contributed by atoms with Crippen LogP contribution in [0, 0.1) is 12.7 Å². The summed E-state index contributed by atoms with van der Waals surface area (Å²) in [7, 11) is 2.06. The van der Waals surface area contributed by atoms with Crippen molar-refractivity contribution in [3.8, 4) is 11.4 Å². The summed E-state index contributed by atoms with van der Waals surface area (Å²) >= 11 is 0. The van der Waals surface area contributed by atoms with Gasteiger partial charge in [-0.2, -0.15) is 15.0 Å². The first-order valence-corrected chi connectivity index (χ1v) is 9.73. The zero-order chi connectivity index (χ0) is 22.1. The molecule has 0 bridgehead atoms. The number of aryl methyl sites for hydroxylation is 1. The number of aromatic nitrogens is 4. The molecule has 0 aliphatic rings. The molecule has 2 aromatic carbocycles. The number of hydrogen-bond acceptors (Lipinski definition) is 7. The molecule has 0 aliphatic heterocycles. The number of H-pyrrole nitrogens is 1. The smallest absolute Gasteiger partial charge is 0.423 e. The fourth-order valence-corrected chi connectivity index (χ4v) is 3.46. The van der Waals surface area contributed by atoms with Crippen molar-refractivity contribution in [2.24, 2.45) is 0 Å². The van der Waals surface area contributed by atoms with E-state index in [9.17, 15) is 14.4 Å². The summed E-state index contributed by atoms with van der Waals surface area (Å²) in [6.07, 6.45) is 0. The molecule has 0 saturated carbocycles. The number of rotatable bonds is 6. The first-order valence-electron chi connectivity index (χ1n) is 9.73. The molecule has 0 amide bonds. The number of hydrogen-bond donors (Lipinski definition) is 4. The number of halogens is 1. The van der Waals surface area contributed by atoms with Crippen LogP contribution in [0.15, 0.2) is 42.5 Å². The van der Waals surface area contributed by atoms with Gasteiger partial charge >= 0.3 is 7.12 Å². The van der Waals surface area contributed by atoms with Gasteiger partial charge in [0.25, 0.3) is 0 Å². The third kappa shape index (κ3) is 4.21. The fourth-order valence-electron chi connectivity index (χ4n) is 3.46. The molecular weight excluding hydrogens is 398 g/mol. The van der Waals surface area contributed by atoms with Crippen LogP contribution in [0.5, 0.6) is 0 Å². The van der Waals surface area contributed by atoms with Crippen molar-refractivity contribution in [1.82, 2.24) is 19.9 Å². The van der Waals surface area contributed by atoms with E-state index in [0.29, 0.717) is 35.2 Å². The highest BCUT2D eigenvalue weighted by molar-refractivity contribution is 6.61. The highest BCUT2D eigenvalue weighted by Gasteiger charge is 2.21. The summed E-state index contributed by atoms with van der Waals surface area (Å²) in [5.74, 6) is 0.943. The molecule has 31 heavy (non-hydrogen) atoms. The predicted molar refractivity (Wildman–Crippen MR) is 120 cm³/mol. The van der Waals surface area contributed by atoms with Crippen LogP contribution in [0.25, 0.3) is 22.3 Å². The summed E-state index contributed by atoms with van der Waals surface area (Å²) in [6.45, 7) is 2.23. The monoisotopic (exact) mass is 420 g/mol. The van der Waals surface area contributed by atoms with Gasteiger partial charge in [-0.3, -0.25) is 0 Å². The minimum absolute atomic E-state index is 0.305. The molecule has 0 fully saturated rings. The van der Waals surface area contributed by atoms with Gasteiger partial charge in [-0.05, 0) is 24.6 Å². The van der Waals surface area contributed by atoms with E-state index >= 15 is 0 Å². The second kappa shape index (κ2) is 8.33. The quantitative estimate of drug-likeness (QED) is 0.352. The normalized spacial score (nSPS) is 11.0. The average Bonchev–Trinajstić information content (AvgIpc) is 3.07. The van der Waals surface area contributed by atoms with Gasteiger partial charge in [0.2, 0.25) is 11.9 Å². The van der Waals surface area contributed by atoms with Gasteiger partial charge in [-0.25, -0.2) is 4.39 Å². The molecule has 4 aromatic rings. The van der Waals surface area contributed by atoms with Gasteiger partial charge in [0, 0.05) is 48.3 Å². The number of nitrogens with one attached hydrogen (secondary N) is 2. The van der Waals surface area contributed by atoms with E-state index in [1.165, 1.54) is 12.1 Å². The summed E-state index contributed by atoms with van der Waals surface area (Å²) < 4.78 is 13.5. The van der Waals surface area contributed by atoms with Gasteiger partial charge in [-0.1, -0.05) is 30.3 Å². The van der Waals surface area contributed by atoms with Gasteiger partial charge in [0.1, 0.15) is 5.82 Å². The highest BCUT2D eigenvalue weighted by atomic mass is 19.1. The molecule has 0 atom stereocenters. The minimum atomic E-state index is -1.60. The molecule has 10 heteroatoms. The summed E-state index contributed by atoms with van der Waals surface area (Å²) in [5.41, 5.74) is 3.29. The lowest BCUT2D eigenvalue weighted by Crippen LogP contribution is -2.30. The van der Waals surface area contributed by atoms with Crippen LogP contribution in [-0.4, -0.2) is 51.2 Å². The fraction of sp³-hybridized carbons (Fsp3) is 0.190. The number of fused-ring (bicyclic) bond motifs is 1. The topological polar surface area (TPSA) is 110 Å². The first-order chi connectivity index (χ1) is 14.8. The van der Waals surface area contributed by atoms with Crippen LogP contribution in [0.3, 0.4) is 0 Å². The Morgan fingerprint density at radius 3 is 2.58 bits per heavy atom. The van der Waals surface area contributed by atoms with Crippen molar-refractivity contribution < 1.29 is 14.4 Å². The lowest BCUT2D eigenvalue weighted by molar-refractivity contribution is 0.426.